The molecule has 1 aromatic heterocycles. The lowest BCUT2D eigenvalue weighted by atomic mass is 9.81. The number of benzene rings is 2. The molecule has 14 heteroatoms. The van der Waals surface area contributed by atoms with Gasteiger partial charge in [0.15, 0.2) is 5.54 Å². The maximum atomic E-state index is 14.8. The highest BCUT2D eigenvalue weighted by atomic mass is 35.5. The van der Waals surface area contributed by atoms with Crippen molar-refractivity contribution in [3.05, 3.63) is 70.9 Å². The van der Waals surface area contributed by atoms with E-state index in [9.17, 15) is 26.4 Å². The minimum atomic E-state index is -4.77. The van der Waals surface area contributed by atoms with E-state index in [1.54, 1.807) is 0 Å². The zero-order valence-corrected chi connectivity index (χ0v) is 23.7. The number of hydrogen-bond donors (Lipinski definition) is 0. The monoisotopic (exact) mass is 611 g/mol. The number of carbonyl (C=O) groups excluding carboxylic acids is 1. The number of aromatic nitrogens is 1. The van der Waals surface area contributed by atoms with Crippen molar-refractivity contribution >= 4 is 33.2 Å². The number of amides is 1. The van der Waals surface area contributed by atoms with Crippen molar-refractivity contribution < 1.29 is 40.6 Å². The van der Waals surface area contributed by atoms with Crippen molar-refractivity contribution in [2.45, 2.75) is 35.5 Å². The molecule has 2 aliphatic heterocycles. The van der Waals surface area contributed by atoms with Crippen molar-refractivity contribution in [1.29, 1.82) is 0 Å². The summed E-state index contributed by atoms with van der Waals surface area (Å²) in [6, 6.07) is 8.66. The van der Waals surface area contributed by atoms with E-state index < -0.39 is 38.6 Å². The van der Waals surface area contributed by atoms with Crippen LogP contribution in [0.25, 0.3) is 0 Å². The van der Waals surface area contributed by atoms with Crippen LogP contribution in [-0.2, 0) is 20.4 Å². The van der Waals surface area contributed by atoms with Gasteiger partial charge in [0.1, 0.15) is 22.4 Å². The minimum Gasteiger partial charge on any atom is -0.497 e. The van der Waals surface area contributed by atoms with Gasteiger partial charge in [0.25, 0.3) is 15.9 Å². The zero-order chi connectivity index (χ0) is 29.7. The normalized spacial score (nSPS) is 21.2. The highest BCUT2D eigenvalue weighted by Crippen LogP contribution is 2.56. The topological polar surface area (TPSA) is 98.3 Å². The number of ether oxygens (including phenoxy) is 3. The van der Waals surface area contributed by atoms with Crippen LogP contribution >= 0.6 is 11.6 Å². The van der Waals surface area contributed by atoms with Gasteiger partial charge in [0.05, 0.1) is 27.0 Å². The summed E-state index contributed by atoms with van der Waals surface area (Å²) >= 11 is 6.35. The molecule has 0 radical (unpaired) electrons. The van der Waals surface area contributed by atoms with Gasteiger partial charge in [-0.25, -0.2) is 17.7 Å². The third-order valence-corrected chi connectivity index (χ3v) is 9.34. The Morgan fingerprint density at radius 2 is 1.78 bits per heavy atom. The summed E-state index contributed by atoms with van der Waals surface area (Å²) in [5.41, 5.74) is -2.56. The molecular weight excluding hydrogens is 587 g/mol. The van der Waals surface area contributed by atoms with E-state index in [2.05, 4.69) is 4.98 Å². The van der Waals surface area contributed by atoms with E-state index in [0.29, 0.717) is 10.1 Å². The summed E-state index contributed by atoms with van der Waals surface area (Å²) in [5, 5.41) is 0.0906. The fourth-order valence-corrected chi connectivity index (χ4v) is 7.48. The first-order valence-electron chi connectivity index (χ1n) is 12.4. The molecule has 41 heavy (non-hydrogen) atoms. The second-order valence-electron chi connectivity index (χ2n) is 9.42. The van der Waals surface area contributed by atoms with Gasteiger partial charge in [-0.2, -0.15) is 13.2 Å². The van der Waals surface area contributed by atoms with Crippen LogP contribution in [0.1, 0.15) is 24.0 Å². The standard InChI is InChI=1S/C27H25ClF3N3O6S/c1-38-17-9-11-22(21(15-17)39-2)41(36,37)34-20-10-8-16(28)14-19(20)26(25(34)35,18-6-4-12-32-24(18)40-3)33-13-5-7-23(33)27(29,30)31/h4,6,8-12,14-15,23H,5,7,13H2,1-3H3. The molecule has 9 nitrogen and oxygen atoms in total. The Morgan fingerprint density at radius 3 is 2.44 bits per heavy atom. The number of anilines is 1. The number of fused-ring (bicyclic) bond motifs is 1. The maximum absolute atomic E-state index is 14.8. The van der Waals surface area contributed by atoms with E-state index in [4.69, 9.17) is 25.8 Å². The first kappa shape index (κ1) is 29.0. The molecule has 1 saturated heterocycles. The molecule has 0 N–H and O–H groups in total. The third-order valence-electron chi connectivity index (χ3n) is 7.37. The second-order valence-corrected chi connectivity index (χ2v) is 11.6. The molecule has 218 valence electrons. The first-order chi connectivity index (χ1) is 19.4. The van der Waals surface area contributed by atoms with Crippen LogP contribution in [0.15, 0.2) is 59.6 Å². The first-order valence-corrected chi connectivity index (χ1v) is 14.2. The Balaban J connectivity index is 1.86. The Labute approximate surface area is 239 Å². The predicted octanol–water partition coefficient (Wildman–Crippen LogP) is 4.77. The number of pyridine rings is 1. The largest absolute Gasteiger partial charge is 0.497 e. The fourth-order valence-electron chi connectivity index (χ4n) is 5.70. The van der Waals surface area contributed by atoms with Crippen molar-refractivity contribution in [1.82, 2.24) is 9.88 Å². The molecule has 0 bridgehead atoms. The number of rotatable bonds is 7. The van der Waals surface area contributed by atoms with Crippen LogP contribution in [0.3, 0.4) is 0 Å². The fraction of sp³-hybridized carbons (Fsp3) is 0.333. The van der Waals surface area contributed by atoms with Crippen molar-refractivity contribution in [2.75, 3.05) is 32.2 Å². The van der Waals surface area contributed by atoms with E-state index in [1.165, 1.54) is 76.1 Å². The molecule has 0 spiro atoms. The summed E-state index contributed by atoms with van der Waals surface area (Å²) in [4.78, 5) is 19.6. The number of hydrogen-bond acceptors (Lipinski definition) is 8. The SMILES string of the molecule is COc1ccc(S(=O)(=O)N2C(=O)C(c3cccnc3OC)(N3CCCC3C(F)(F)F)c3cc(Cl)ccc32)c(OC)c1. The van der Waals surface area contributed by atoms with Gasteiger partial charge in [0, 0.05) is 35.0 Å². The Morgan fingerprint density at radius 1 is 1.02 bits per heavy atom. The molecule has 1 fully saturated rings. The summed E-state index contributed by atoms with van der Waals surface area (Å²) in [5.74, 6) is -1.13. The van der Waals surface area contributed by atoms with E-state index in [1.807, 2.05) is 0 Å². The van der Waals surface area contributed by atoms with Crippen LogP contribution in [0.2, 0.25) is 5.02 Å². The van der Waals surface area contributed by atoms with Gasteiger partial charge in [-0.05, 0) is 55.3 Å². The number of likely N-dealkylation sites (tertiary alicyclic amines) is 1. The van der Waals surface area contributed by atoms with E-state index in [0.717, 1.165) is 4.90 Å². The minimum absolute atomic E-state index is 0.0477. The highest BCUT2D eigenvalue weighted by molar-refractivity contribution is 7.93. The van der Waals surface area contributed by atoms with E-state index >= 15 is 0 Å². The smallest absolute Gasteiger partial charge is 0.404 e. The molecule has 2 atom stereocenters. The lowest BCUT2D eigenvalue weighted by Crippen LogP contribution is -2.59. The molecule has 1 amide bonds. The van der Waals surface area contributed by atoms with Gasteiger partial charge in [0.2, 0.25) is 5.88 Å². The Kier molecular flexibility index (Phi) is 7.33. The lowest BCUT2D eigenvalue weighted by molar-refractivity contribution is -0.188. The molecule has 2 unspecified atom stereocenters. The van der Waals surface area contributed by atoms with Gasteiger partial charge in [-0.1, -0.05) is 11.6 Å². The second kappa shape index (κ2) is 10.4. The van der Waals surface area contributed by atoms with Gasteiger partial charge in [-0.3, -0.25) is 9.69 Å². The number of alkyl halides is 3. The van der Waals surface area contributed by atoms with Crippen LogP contribution in [-0.4, -0.2) is 64.3 Å². The molecule has 5 rings (SSSR count). The molecule has 3 aromatic rings. The lowest BCUT2D eigenvalue weighted by Gasteiger charge is -2.42. The van der Waals surface area contributed by atoms with Crippen molar-refractivity contribution in [2.24, 2.45) is 0 Å². The maximum Gasteiger partial charge on any atom is 0.404 e. The number of halogens is 4. The number of nitrogens with zero attached hydrogens (tertiary/aromatic N) is 3. The summed E-state index contributed by atoms with van der Waals surface area (Å²) in [7, 11) is -0.877. The summed E-state index contributed by atoms with van der Waals surface area (Å²) < 4.78 is 88.5. The molecule has 2 aliphatic rings. The molecule has 2 aromatic carbocycles. The highest BCUT2D eigenvalue weighted by Gasteiger charge is 2.65. The predicted molar refractivity (Wildman–Crippen MR) is 143 cm³/mol. The zero-order valence-electron chi connectivity index (χ0n) is 22.1. The molecule has 0 aliphatic carbocycles. The molecule has 0 saturated carbocycles. The van der Waals surface area contributed by atoms with Crippen molar-refractivity contribution in [3.8, 4) is 17.4 Å². The van der Waals surface area contributed by atoms with E-state index in [-0.39, 0.29) is 52.9 Å². The number of carbonyl (C=O) groups is 1. The number of methoxy groups -OCH3 is 3. The Bertz CT molecular complexity index is 1620. The van der Waals surface area contributed by atoms with Crippen LogP contribution < -0.4 is 18.5 Å². The Hall–Kier alpha value is -3.55. The van der Waals surface area contributed by atoms with Crippen LogP contribution in [0.4, 0.5) is 18.9 Å². The average molecular weight is 612 g/mol. The third kappa shape index (κ3) is 4.37. The number of sulfonamides is 1. The average Bonchev–Trinajstić information content (AvgIpc) is 3.54. The molecular formula is C27H25ClF3N3O6S. The summed E-state index contributed by atoms with van der Waals surface area (Å²) in [6.45, 7) is -0.167. The van der Waals surface area contributed by atoms with Gasteiger partial charge < -0.3 is 14.2 Å². The van der Waals surface area contributed by atoms with Gasteiger partial charge >= 0.3 is 6.18 Å². The van der Waals surface area contributed by atoms with Crippen molar-refractivity contribution in [3.63, 3.8) is 0 Å². The summed E-state index contributed by atoms with van der Waals surface area (Å²) in [6.07, 6.45) is -3.56. The van der Waals surface area contributed by atoms with Crippen LogP contribution in [0, 0.1) is 0 Å². The quantitative estimate of drug-likeness (QED) is 0.377. The van der Waals surface area contributed by atoms with Crippen LogP contribution in [0.5, 0.6) is 17.4 Å². The van der Waals surface area contributed by atoms with Gasteiger partial charge in [-0.15, -0.1) is 0 Å². The molecule has 3 heterocycles.